The summed E-state index contributed by atoms with van der Waals surface area (Å²) in [5.74, 6) is 0. The summed E-state index contributed by atoms with van der Waals surface area (Å²) in [6.07, 6.45) is 8.09. The van der Waals surface area contributed by atoms with E-state index >= 15 is 0 Å². The van der Waals surface area contributed by atoms with Crippen LogP contribution in [0.2, 0.25) is 0 Å². The molecule has 1 saturated heterocycles. The van der Waals surface area contributed by atoms with Gasteiger partial charge in [-0.05, 0) is 46.2 Å². The van der Waals surface area contributed by atoms with E-state index in [1.807, 2.05) is 0 Å². The first-order valence-corrected chi connectivity index (χ1v) is 6.37. The topological polar surface area (TPSA) is 24.5 Å². The van der Waals surface area contributed by atoms with Gasteiger partial charge in [0.2, 0.25) is 0 Å². The first kappa shape index (κ1) is 11.4. The normalized spacial score (nSPS) is 34.8. The van der Waals surface area contributed by atoms with Crippen LogP contribution in [0.3, 0.4) is 0 Å². The van der Waals surface area contributed by atoms with Crippen LogP contribution in [-0.2, 0) is 4.84 Å². The Kier molecular flexibility index (Phi) is 4.00. The number of hydrogen-bond acceptors (Lipinski definition) is 3. The predicted octanol–water partition coefficient (Wildman–Crippen LogP) is 1.93. The van der Waals surface area contributed by atoms with E-state index in [0.717, 1.165) is 0 Å². The van der Waals surface area contributed by atoms with Gasteiger partial charge in [0, 0.05) is 12.1 Å². The molecule has 15 heavy (non-hydrogen) atoms. The van der Waals surface area contributed by atoms with Crippen LogP contribution in [0.5, 0.6) is 0 Å². The molecule has 0 amide bonds. The number of likely N-dealkylation sites (tertiary alicyclic amines) is 1. The molecule has 1 aliphatic carbocycles. The van der Waals surface area contributed by atoms with Crippen molar-refractivity contribution >= 4 is 0 Å². The minimum absolute atomic E-state index is 0.486. The molecule has 0 aromatic rings. The lowest BCUT2D eigenvalue weighted by atomic mass is 10.00. The minimum Gasteiger partial charge on any atom is -0.304 e. The van der Waals surface area contributed by atoms with Gasteiger partial charge in [0.05, 0.1) is 6.10 Å². The third kappa shape index (κ3) is 3.16. The zero-order valence-electron chi connectivity index (χ0n) is 10.0. The van der Waals surface area contributed by atoms with E-state index in [1.165, 1.54) is 45.1 Å². The molecule has 0 aromatic heterocycles. The lowest BCUT2D eigenvalue weighted by Gasteiger charge is -2.35. The Hall–Kier alpha value is -0.120. The average molecular weight is 212 g/mol. The summed E-state index contributed by atoms with van der Waals surface area (Å²) in [6, 6.07) is 1.25. The van der Waals surface area contributed by atoms with E-state index in [1.54, 1.807) is 0 Å². The summed E-state index contributed by atoms with van der Waals surface area (Å²) in [6.45, 7) is 3.48. The Morgan fingerprint density at radius 3 is 2.60 bits per heavy atom. The molecule has 0 aromatic carbocycles. The van der Waals surface area contributed by atoms with Crippen molar-refractivity contribution in [1.29, 1.82) is 0 Å². The van der Waals surface area contributed by atoms with Crippen molar-refractivity contribution in [3.63, 3.8) is 0 Å². The van der Waals surface area contributed by atoms with E-state index in [9.17, 15) is 0 Å². The standard InChI is InChI=1S/C12H24N2O/c1-10-9-11(7-8-14(10)2)13-15-12-5-3-4-6-12/h10-13H,3-9H2,1-2H3. The Labute approximate surface area is 93.1 Å². The van der Waals surface area contributed by atoms with Crippen LogP contribution in [0, 0.1) is 0 Å². The average Bonchev–Trinajstić information content (AvgIpc) is 2.73. The number of hydroxylamine groups is 1. The summed E-state index contributed by atoms with van der Waals surface area (Å²) < 4.78 is 0. The second-order valence-electron chi connectivity index (χ2n) is 5.19. The second-order valence-corrected chi connectivity index (χ2v) is 5.19. The van der Waals surface area contributed by atoms with Crippen LogP contribution in [0.4, 0.5) is 0 Å². The van der Waals surface area contributed by atoms with Gasteiger partial charge in [0.15, 0.2) is 0 Å². The van der Waals surface area contributed by atoms with Gasteiger partial charge in [0.1, 0.15) is 0 Å². The molecule has 3 heteroatoms. The monoisotopic (exact) mass is 212 g/mol. The smallest absolute Gasteiger partial charge is 0.0790 e. The number of hydrogen-bond donors (Lipinski definition) is 1. The Morgan fingerprint density at radius 1 is 1.20 bits per heavy atom. The van der Waals surface area contributed by atoms with Gasteiger partial charge in [-0.25, -0.2) is 0 Å². The van der Waals surface area contributed by atoms with Gasteiger partial charge < -0.3 is 4.90 Å². The predicted molar refractivity (Wildman–Crippen MR) is 61.6 cm³/mol. The summed E-state index contributed by atoms with van der Waals surface area (Å²) in [5.41, 5.74) is 3.29. The minimum atomic E-state index is 0.486. The fourth-order valence-electron chi connectivity index (χ4n) is 2.60. The van der Waals surface area contributed by atoms with Gasteiger partial charge in [-0.2, -0.15) is 5.48 Å². The number of piperidine rings is 1. The second kappa shape index (κ2) is 5.28. The van der Waals surface area contributed by atoms with Gasteiger partial charge >= 0.3 is 0 Å². The van der Waals surface area contributed by atoms with Crippen molar-refractivity contribution in [3.05, 3.63) is 0 Å². The molecule has 0 spiro atoms. The maximum absolute atomic E-state index is 5.76. The van der Waals surface area contributed by atoms with Crippen molar-refractivity contribution in [2.45, 2.75) is 63.6 Å². The van der Waals surface area contributed by atoms with Crippen LogP contribution in [0.1, 0.15) is 45.4 Å². The summed E-state index contributed by atoms with van der Waals surface area (Å²) >= 11 is 0. The van der Waals surface area contributed by atoms with Crippen molar-refractivity contribution < 1.29 is 4.84 Å². The Balaban J connectivity index is 1.66. The molecule has 2 fully saturated rings. The molecular formula is C12H24N2O. The van der Waals surface area contributed by atoms with Crippen molar-refractivity contribution in [3.8, 4) is 0 Å². The van der Waals surface area contributed by atoms with Gasteiger partial charge in [-0.15, -0.1) is 0 Å². The molecular weight excluding hydrogens is 188 g/mol. The highest BCUT2D eigenvalue weighted by molar-refractivity contribution is 4.79. The summed E-state index contributed by atoms with van der Waals surface area (Å²) in [7, 11) is 2.21. The van der Waals surface area contributed by atoms with Crippen LogP contribution in [0.25, 0.3) is 0 Å². The highest BCUT2D eigenvalue weighted by atomic mass is 16.7. The van der Waals surface area contributed by atoms with Crippen molar-refractivity contribution in [1.82, 2.24) is 10.4 Å². The van der Waals surface area contributed by atoms with Crippen LogP contribution in [0.15, 0.2) is 0 Å². The molecule has 2 unspecified atom stereocenters. The molecule has 0 bridgehead atoms. The van der Waals surface area contributed by atoms with E-state index in [4.69, 9.17) is 4.84 Å². The van der Waals surface area contributed by atoms with E-state index in [0.29, 0.717) is 18.2 Å². The summed E-state index contributed by atoms with van der Waals surface area (Å²) in [4.78, 5) is 8.18. The third-order valence-corrected chi connectivity index (χ3v) is 3.91. The molecule has 2 atom stereocenters. The molecule has 1 heterocycles. The molecule has 3 nitrogen and oxygen atoms in total. The van der Waals surface area contributed by atoms with Crippen LogP contribution in [-0.4, -0.2) is 36.7 Å². The Morgan fingerprint density at radius 2 is 1.93 bits per heavy atom. The SMILES string of the molecule is CC1CC(NOC2CCCC2)CCN1C. The molecule has 1 aliphatic heterocycles. The molecule has 1 saturated carbocycles. The molecule has 0 radical (unpaired) electrons. The van der Waals surface area contributed by atoms with E-state index in [2.05, 4.69) is 24.4 Å². The van der Waals surface area contributed by atoms with Gasteiger partial charge in [-0.1, -0.05) is 12.8 Å². The fourth-order valence-corrected chi connectivity index (χ4v) is 2.60. The van der Waals surface area contributed by atoms with Crippen molar-refractivity contribution in [2.75, 3.05) is 13.6 Å². The quantitative estimate of drug-likeness (QED) is 0.724. The highest BCUT2D eigenvalue weighted by Crippen LogP contribution is 2.21. The van der Waals surface area contributed by atoms with Gasteiger partial charge in [-0.3, -0.25) is 4.84 Å². The summed E-state index contributed by atoms with van der Waals surface area (Å²) in [5, 5.41) is 0. The maximum Gasteiger partial charge on any atom is 0.0790 e. The molecule has 88 valence electrons. The largest absolute Gasteiger partial charge is 0.304 e. The molecule has 2 aliphatic rings. The van der Waals surface area contributed by atoms with Crippen molar-refractivity contribution in [2.24, 2.45) is 0 Å². The fraction of sp³-hybridized carbons (Fsp3) is 1.00. The van der Waals surface area contributed by atoms with Gasteiger partial charge in [0.25, 0.3) is 0 Å². The zero-order valence-corrected chi connectivity index (χ0v) is 10.0. The van der Waals surface area contributed by atoms with E-state index in [-0.39, 0.29) is 0 Å². The van der Waals surface area contributed by atoms with Crippen LogP contribution < -0.4 is 5.48 Å². The number of nitrogens with zero attached hydrogens (tertiary/aromatic N) is 1. The van der Waals surface area contributed by atoms with Crippen LogP contribution >= 0.6 is 0 Å². The Bertz CT molecular complexity index is 192. The first-order valence-electron chi connectivity index (χ1n) is 6.37. The number of rotatable bonds is 3. The first-order chi connectivity index (χ1) is 7.25. The zero-order chi connectivity index (χ0) is 10.7. The lowest BCUT2D eigenvalue weighted by Crippen LogP contribution is -2.46. The maximum atomic E-state index is 5.76. The third-order valence-electron chi connectivity index (χ3n) is 3.91. The van der Waals surface area contributed by atoms with E-state index < -0.39 is 0 Å². The lowest BCUT2D eigenvalue weighted by molar-refractivity contribution is -0.0537. The number of nitrogens with one attached hydrogen (secondary N) is 1. The highest BCUT2D eigenvalue weighted by Gasteiger charge is 2.24. The molecule has 1 N–H and O–H groups in total. The molecule has 2 rings (SSSR count).